The molecule has 0 N–H and O–H groups in total. The largest absolute Gasteiger partial charge is 0.340 e. The Morgan fingerprint density at radius 1 is 0.468 bits per heavy atom. The molecule has 0 spiro atoms. The smallest absolute Gasteiger partial charge is 0.0781 e. The highest BCUT2D eigenvalue weighted by atomic mass is 15.0. The normalized spacial score (nSPS) is 13.2. The molecule has 0 bridgehead atoms. The van der Waals surface area contributed by atoms with Gasteiger partial charge < -0.3 is 4.57 Å². The third kappa shape index (κ3) is 6.05. The van der Waals surface area contributed by atoms with Crippen LogP contribution < -0.4 is 0 Å². The van der Waals surface area contributed by atoms with Crippen molar-refractivity contribution in [2.75, 3.05) is 0 Å². The van der Waals surface area contributed by atoms with Gasteiger partial charge in [-0.2, -0.15) is 0 Å². The zero-order valence-electron chi connectivity index (χ0n) is 26.5. The molecule has 47 heavy (non-hydrogen) atoms. The van der Waals surface area contributed by atoms with E-state index in [4.69, 9.17) is 9.98 Å². The lowest BCUT2D eigenvalue weighted by Gasteiger charge is -2.14. The maximum atomic E-state index is 5.30. The Labute approximate surface area is 276 Å². The van der Waals surface area contributed by atoms with E-state index < -0.39 is 0 Å². The van der Waals surface area contributed by atoms with Gasteiger partial charge in [-0.05, 0) is 43.0 Å². The minimum Gasteiger partial charge on any atom is -0.340 e. The van der Waals surface area contributed by atoms with E-state index in [1.54, 1.807) is 0 Å². The quantitative estimate of drug-likeness (QED) is 0.154. The van der Waals surface area contributed by atoms with Crippen LogP contribution in [0.4, 0.5) is 11.4 Å². The molecule has 1 aromatic heterocycles. The first-order valence-electron chi connectivity index (χ1n) is 16.8. The fourth-order valence-corrected chi connectivity index (χ4v) is 7.09. The van der Waals surface area contributed by atoms with Crippen molar-refractivity contribution in [3.8, 4) is 0 Å². The van der Waals surface area contributed by atoms with Crippen molar-refractivity contribution in [1.82, 2.24) is 4.57 Å². The number of nitrogens with zero attached hydrogens (tertiary/aromatic N) is 3. The van der Waals surface area contributed by atoms with Gasteiger partial charge in [0, 0.05) is 39.6 Å². The summed E-state index contributed by atoms with van der Waals surface area (Å²) in [5, 5.41) is 2.53. The van der Waals surface area contributed by atoms with Gasteiger partial charge in [0.15, 0.2) is 0 Å². The third-order valence-electron chi connectivity index (χ3n) is 9.42. The van der Waals surface area contributed by atoms with Crippen molar-refractivity contribution in [3.05, 3.63) is 180 Å². The van der Waals surface area contributed by atoms with Crippen LogP contribution >= 0.6 is 0 Å². The molecule has 0 aliphatic heterocycles. The Hall–Kier alpha value is -5.54. The first-order valence-corrected chi connectivity index (χ1v) is 16.8. The number of benzene rings is 6. The van der Waals surface area contributed by atoms with E-state index in [0.717, 1.165) is 51.6 Å². The van der Waals surface area contributed by atoms with Crippen LogP contribution in [0.25, 0.3) is 21.8 Å². The van der Waals surface area contributed by atoms with Crippen molar-refractivity contribution < 1.29 is 0 Å². The van der Waals surface area contributed by atoms with Gasteiger partial charge >= 0.3 is 0 Å². The van der Waals surface area contributed by atoms with Gasteiger partial charge in [0.2, 0.25) is 0 Å². The highest BCUT2D eigenvalue weighted by Gasteiger charge is 2.20. The Kier molecular flexibility index (Phi) is 8.03. The van der Waals surface area contributed by atoms with Gasteiger partial charge in [0.25, 0.3) is 0 Å². The summed E-state index contributed by atoms with van der Waals surface area (Å²) in [7, 11) is 0. The molecule has 1 saturated carbocycles. The van der Waals surface area contributed by atoms with E-state index in [2.05, 4.69) is 162 Å². The third-order valence-corrected chi connectivity index (χ3v) is 9.42. The number of fused-ring (bicyclic) bond motifs is 3. The molecule has 6 aromatic carbocycles. The second-order valence-corrected chi connectivity index (χ2v) is 12.5. The number of rotatable bonds is 8. The van der Waals surface area contributed by atoms with Crippen molar-refractivity contribution in [2.45, 2.75) is 32.2 Å². The minimum absolute atomic E-state index is 0.682. The van der Waals surface area contributed by atoms with Crippen LogP contribution in [0.15, 0.2) is 168 Å². The summed E-state index contributed by atoms with van der Waals surface area (Å²) in [5.74, 6) is 0.682. The van der Waals surface area contributed by atoms with E-state index in [9.17, 15) is 0 Å². The molecule has 8 rings (SSSR count). The van der Waals surface area contributed by atoms with Crippen LogP contribution in [0.1, 0.15) is 47.9 Å². The molecule has 1 aliphatic rings. The Morgan fingerprint density at radius 2 is 0.830 bits per heavy atom. The number of hydrogen-bond acceptors (Lipinski definition) is 2. The highest BCUT2D eigenvalue weighted by molar-refractivity contribution is 6.16. The van der Waals surface area contributed by atoms with Crippen LogP contribution in [-0.4, -0.2) is 16.0 Å². The molecule has 1 heterocycles. The molecular weight excluding hydrogens is 571 g/mol. The second-order valence-electron chi connectivity index (χ2n) is 12.5. The zero-order chi connectivity index (χ0) is 31.4. The summed E-state index contributed by atoms with van der Waals surface area (Å²) < 4.78 is 2.55. The average Bonchev–Trinajstić information content (AvgIpc) is 3.77. The maximum Gasteiger partial charge on any atom is 0.0781 e. The Balaban J connectivity index is 1.29. The van der Waals surface area contributed by atoms with Crippen molar-refractivity contribution in [2.24, 2.45) is 15.9 Å². The molecule has 0 unspecified atom stereocenters. The summed E-state index contributed by atoms with van der Waals surface area (Å²) in [4.78, 5) is 10.6. The van der Waals surface area contributed by atoms with E-state index in [0.29, 0.717) is 5.92 Å². The van der Waals surface area contributed by atoms with Gasteiger partial charge in [-0.15, -0.1) is 0 Å². The van der Waals surface area contributed by atoms with Crippen LogP contribution in [0.2, 0.25) is 0 Å². The summed E-state index contributed by atoms with van der Waals surface area (Å²) in [5.41, 5.74) is 10.8. The Bertz CT molecular complexity index is 1960. The minimum atomic E-state index is 0.682. The number of aromatic nitrogens is 1. The predicted molar refractivity (Wildman–Crippen MR) is 198 cm³/mol. The fraction of sp³-hybridized carbons (Fsp3) is 0.136. The van der Waals surface area contributed by atoms with Gasteiger partial charge in [0.05, 0.1) is 33.8 Å². The molecule has 0 radical (unpaired) electrons. The molecule has 1 aliphatic carbocycles. The van der Waals surface area contributed by atoms with Crippen LogP contribution in [0.3, 0.4) is 0 Å². The van der Waals surface area contributed by atoms with Crippen molar-refractivity contribution in [1.29, 1.82) is 0 Å². The summed E-state index contributed by atoms with van der Waals surface area (Å²) in [6, 6.07) is 55.4. The van der Waals surface area contributed by atoms with Gasteiger partial charge in [-0.3, -0.25) is 0 Å². The molecule has 3 heteroatoms. The molecule has 228 valence electrons. The summed E-state index contributed by atoms with van der Waals surface area (Å²) >= 11 is 0. The van der Waals surface area contributed by atoms with E-state index in [1.165, 1.54) is 47.5 Å². The summed E-state index contributed by atoms with van der Waals surface area (Å²) in [6.45, 7) is 1.01. The van der Waals surface area contributed by atoms with Crippen LogP contribution in [0, 0.1) is 5.92 Å². The number of hydrogen-bond donors (Lipinski definition) is 0. The van der Waals surface area contributed by atoms with Gasteiger partial charge in [-0.1, -0.05) is 146 Å². The molecule has 1 fully saturated rings. The van der Waals surface area contributed by atoms with E-state index in [1.807, 2.05) is 0 Å². The van der Waals surface area contributed by atoms with Gasteiger partial charge in [-0.25, -0.2) is 9.98 Å². The first kappa shape index (κ1) is 28.9. The van der Waals surface area contributed by atoms with E-state index in [-0.39, 0.29) is 0 Å². The number of aliphatic imine (C=N–C) groups is 2. The first-order chi connectivity index (χ1) is 23.3. The topological polar surface area (TPSA) is 29.6 Å². The second kappa shape index (κ2) is 13.1. The SMILES string of the molecule is c1ccc(C(=Nc2ccc3c4ccc(N=C(c5ccccc5)c5ccccc5)cc4n(CC4CCCC4)c3c2)c2ccccc2)cc1. The monoisotopic (exact) mass is 607 g/mol. The lowest BCUT2D eigenvalue weighted by Crippen LogP contribution is -2.07. The summed E-state index contributed by atoms with van der Waals surface area (Å²) in [6.07, 6.45) is 5.22. The van der Waals surface area contributed by atoms with Crippen molar-refractivity contribution in [3.63, 3.8) is 0 Å². The van der Waals surface area contributed by atoms with E-state index >= 15 is 0 Å². The van der Waals surface area contributed by atoms with Crippen LogP contribution in [-0.2, 0) is 6.54 Å². The lowest BCUT2D eigenvalue weighted by molar-refractivity contribution is 0.473. The molecule has 0 atom stereocenters. The lowest BCUT2D eigenvalue weighted by atomic mass is 10.0. The fourth-order valence-electron chi connectivity index (χ4n) is 7.09. The molecular formula is C44H37N3. The molecule has 7 aromatic rings. The average molecular weight is 608 g/mol. The Morgan fingerprint density at radius 3 is 1.19 bits per heavy atom. The zero-order valence-corrected chi connectivity index (χ0v) is 26.5. The van der Waals surface area contributed by atoms with Crippen LogP contribution in [0.5, 0.6) is 0 Å². The molecule has 0 saturated heterocycles. The molecule has 0 amide bonds. The predicted octanol–water partition coefficient (Wildman–Crippen LogP) is 11.3. The van der Waals surface area contributed by atoms with Gasteiger partial charge in [0.1, 0.15) is 0 Å². The van der Waals surface area contributed by atoms with Crippen molar-refractivity contribution >= 4 is 44.6 Å². The maximum absolute atomic E-state index is 5.30. The molecule has 3 nitrogen and oxygen atoms in total. The highest BCUT2D eigenvalue weighted by Crippen LogP contribution is 2.37. The standard InChI is InChI=1S/C44H37N3/c1-5-17-33(18-6-1)43(34-19-7-2-8-20-34)45-37-25-27-39-40-28-26-38(30-42(40)47(41(39)29-37)31-32-15-13-14-16-32)46-44(35-21-9-3-10-22-35)36-23-11-4-12-24-36/h1-12,17-30,32H,13-16,31H2.